The fourth-order valence-electron chi connectivity index (χ4n) is 4.03. The Balaban J connectivity index is 1.75. The Morgan fingerprint density at radius 2 is 2.04 bits per heavy atom. The Morgan fingerprint density at radius 1 is 1.21 bits per heavy atom. The molecule has 1 N–H and O–H groups in total. The van der Waals surface area contributed by atoms with Crippen molar-refractivity contribution in [3.05, 3.63) is 53.1 Å². The molecular weight excluding hydrogens is 352 g/mol. The number of nitrogens with zero attached hydrogens (tertiary/aromatic N) is 1. The van der Waals surface area contributed by atoms with E-state index in [2.05, 4.69) is 29.3 Å². The number of carbonyl (C=O) groups excluding carboxylic acids is 1. The monoisotopic (exact) mass is 382 g/mol. The summed E-state index contributed by atoms with van der Waals surface area (Å²) in [5.74, 6) is 1.61. The van der Waals surface area contributed by atoms with Gasteiger partial charge in [-0.05, 0) is 49.9 Å². The van der Waals surface area contributed by atoms with Gasteiger partial charge in [-0.3, -0.25) is 9.69 Å². The molecule has 1 amide bonds. The Kier molecular flexibility index (Phi) is 6.57. The minimum atomic E-state index is 0.0309. The zero-order valence-electron chi connectivity index (χ0n) is 17.2. The molecule has 1 aliphatic heterocycles. The predicted octanol–water partition coefficient (Wildman–Crippen LogP) is 4.35. The second-order valence-corrected chi connectivity index (χ2v) is 7.25. The molecule has 1 atom stereocenters. The first-order valence-corrected chi connectivity index (χ1v) is 9.91. The van der Waals surface area contributed by atoms with Gasteiger partial charge in [-0.15, -0.1) is 0 Å². The highest BCUT2D eigenvalue weighted by Gasteiger charge is 2.30. The second kappa shape index (κ2) is 9.11. The van der Waals surface area contributed by atoms with E-state index in [1.165, 1.54) is 5.56 Å². The summed E-state index contributed by atoms with van der Waals surface area (Å²) >= 11 is 0. The lowest BCUT2D eigenvalue weighted by molar-refractivity contribution is -0.117. The molecule has 150 valence electrons. The van der Waals surface area contributed by atoms with E-state index >= 15 is 0 Å². The lowest BCUT2D eigenvalue weighted by Crippen LogP contribution is -2.33. The molecule has 0 unspecified atom stereocenters. The van der Waals surface area contributed by atoms with Crippen molar-refractivity contribution in [1.29, 1.82) is 0 Å². The molecule has 5 heteroatoms. The molecule has 0 saturated carbocycles. The van der Waals surface area contributed by atoms with Crippen LogP contribution in [0.25, 0.3) is 0 Å². The summed E-state index contributed by atoms with van der Waals surface area (Å²) in [6.45, 7) is 5.42. The predicted molar refractivity (Wildman–Crippen MR) is 112 cm³/mol. The average molecular weight is 383 g/mol. The van der Waals surface area contributed by atoms with Crippen LogP contribution < -0.4 is 14.8 Å². The number of hydrogen-bond donors (Lipinski definition) is 1. The van der Waals surface area contributed by atoms with Gasteiger partial charge < -0.3 is 14.8 Å². The second-order valence-electron chi connectivity index (χ2n) is 7.25. The third-order valence-corrected chi connectivity index (χ3v) is 5.51. The molecule has 3 rings (SSSR count). The fraction of sp³-hybridized carbons (Fsp3) is 0.435. The number of hydrogen-bond acceptors (Lipinski definition) is 4. The number of ether oxygens (including phenoxy) is 2. The van der Waals surface area contributed by atoms with E-state index in [1.807, 2.05) is 31.2 Å². The van der Waals surface area contributed by atoms with E-state index < -0.39 is 0 Å². The molecule has 1 heterocycles. The van der Waals surface area contributed by atoms with Gasteiger partial charge >= 0.3 is 0 Å². The van der Waals surface area contributed by atoms with E-state index in [9.17, 15) is 4.79 Å². The van der Waals surface area contributed by atoms with Crippen LogP contribution in [0.2, 0.25) is 0 Å². The Bertz CT molecular complexity index is 835. The number of aryl methyl sites for hydroxylation is 2. The zero-order chi connectivity index (χ0) is 20.1. The number of carbonyl (C=O) groups is 1. The number of para-hydroxylation sites is 1. The molecular formula is C23H30N2O3. The van der Waals surface area contributed by atoms with Gasteiger partial charge in [0.05, 0.1) is 20.8 Å². The van der Waals surface area contributed by atoms with Crippen LogP contribution in [-0.2, 0) is 11.2 Å². The molecule has 0 aromatic heterocycles. The van der Waals surface area contributed by atoms with Crippen molar-refractivity contribution < 1.29 is 14.3 Å². The van der Waals surface area contributed by atoms with Crippen LogP contribution in [0.4, 0.5) is 5.69 Å². The quantitative estimate of drug-likeness (QED) is 0.773. The van der Waals surface area contributed by atoms with Crippen LogP contribution in [0.1, 0.15) is 42.5 Å². The smallest absolute Gasteiger partial charge is 0.238 e. The van der Waals surface area contributed by atoms with E-state index in [0.29, 0.717) is 6.54 Å². The van der Waals surface area contributed by atoms with Crippen LogP contribution in [-0.4, -0.2) is 38.1 Å². The maximum absolute atomic E-state index is 12.8. The van der Waals surface area contributed by atoms with Crippen molar-refractivity contribution in [3.8, 4) is 11.5 Å². The van der Waals surface area contributed by atoms with E-state index in [1.54, 1.807) is 14.2 Å². The number of benzene rings is 2. The van der Waals surface area contributed by atoms with Crippen molar-refractivity contribution in [3.63, 3.8) is 0 Å². The maximum Gasteiger partial charge on any atom is 0.238 e. The average Bonchev–Trinajstić information content (AvgIpc) is 3.16. The Labute approximate surface area is 167 Å². The highest BCUT2D eigenvalue weighted by Crippen LogP contribution is 2.38. The van der Waals surface area contributed by atoms with Gasteiger partial charge in [0.25, 0.3) is 0 Å². The number of amides is 1. The minimum absolute atomic E-state index is 0.0309. The molecule has 0 radical (unpaired) electrons. The number of nitrogens with one attached hydrogen (secondary N) is 1. The summed E-state index contributed by atoms with van der Waals surface area (Å²) in [6, 6.07) is 12.2. The van der Waals surface area contributed by atoms with Crippen molar-refractivity contribution in [2.45, 2.75) is 39.2 Å². The topological polar surface area (TPSA) is 50.8 Å². The van der Waals surface area contributed by atoms with Crippen LogP contribution in [0.5, 0.6) is 11.5 Å². The van der Waals surface area contributed by atoms with E-state index in [4.69, 9.17) is 9.47 Å². The number of rotatable bonds is 7. The molecule has 5 nitrogen and oxygen atoms in total. The zero-order valence-corrected chi connectivity index (χ0v) is 17.2. The van der Waals surface area contributed by atoms with Crippen LogP contribution in [0, 0.1) is 6.92 Å². The van der Waals surface area contributed by atoms with Gasteiger partial charge in [-0.1, -0.05) is 31.2 Å². The van der Waals surface area contributed by atoms with Crippen LogP contribution in [0.15, 0.2) is 36.4 Å². The third-order valence-electron chi connectivity index (χ3n) is 5.51. The van der Waals surface area contributed by atoms with Crippen molar-refractivity contribution in [2.24, 2.45) is 0 Å². The van der Waals surface area contributed by atoms with E-state index in [0.717, 1.165) is 54.1 Å². The Morgan fingerprint density at radius 3 is 2.75 bits per heavy atom. The number of methoxy groups -OCH3 is 2. The normalized spacial score (nSPS) is 16.8. The minimum Gasteiger partial charge on any atom is -0.497 e. The van der Waals surface area contributed by atoms with Crippen molar-refractivity contribution in [2.75, 3.05) is 32.6 Å². The molecule has 2 aromatic carbocycles. The summed E-state index contributed by atoms with van der Waals surface area (Å²) in [5, 5.41) is 3.14. The summed E-state index contributed by atoms with van der Waals surface area (Å²) in [5.41, 5.74) is 4.33. The van der Waals surface area contributed by atoms with Gasteiger partial charge in [0.1, 0.15) is 11.5 Å². The lowest BCUT2D eigenvalue weighted by Gasteiger charge is -2.26. The summed E-state index contributed by atoms with van der Waals surface area (Å²) in [7, 11) is 3.32. The van der Waals surface area contributed by atoms with Crippen LogP contribution in [0.3, 0.4) is 0 Å². The first kappa shape index (κ1) is 20.2. The molecule has 1 fully saturated rings. The molecule has 1 aliphatic rings. The van der Waals surface area contributed by atoms with Crippen LogP contribution >= 0.6 is 0 Å². The first-order chi connectivity index (χ1) is 13.6. The number of likely N-dealkylation sites (tertiary alicyclic amines) is 1. The van der Waals surface area contributed by atoms with Crippen molar-refractivity contribution in [1.82, 2.24) is 4.90 Å². The van der Waals surface area contributed by atoms with Crippen molar-refractivity contribution >= 4 is 11.6 Å². The molecule has 0 spiro atoms. The fourth-order valence-corrected chi connectivity index (χ4v) is 4.03. The lowest BCUT2D eigenvalue weighted by atomic mass is 10.0. The highest BCUT2D eigenvalue weighted by atomic mass is 16.5. The highest BCUT2D eigenvalue weighted by molar-refractivity contribution is 5.93. The summed E-state index contributed by atoms with van der Waals surface area (Å²) in [6.07, 6.45) is 2.98. The van der Waals surface area contributed by atoms with E-state index in [-0.39, 0.29) is 11.9 Å². The van der Waals surface area contributed by atoms with Gasteiger partial charge in [0, 0.05) is 23.4 Å². The Hall–Kier alpha value is -2.53. The van der Waals surface area contributed by atoms with Gasteiger partial charge in [-0.2, -0.15) is 0 Å². The maximum atomic E-state index is 12.8. The molecule has 2 aromatic rings. The summed E-state index contributed by atoms with van der Waals surface area (Å²) < 4.78 is 10.9. The third kappa shape index (κ3) is 4.30. The standard InChI is InChI=1S/C23H30N2O3/c1-5-17-9-6-8-16(2)23(17)24-22(26)15-25-13-7-10-20(25)19-12-11-18(27-3)14-21(19)28-4/h6,8-9,11-12,14,20H,5,7,10,13,15H2,1-4H3,(H,24,26)/t20-/m1/s1. The summed E-state index contributed by atoms with van der Waals surface area (Å²) in [4.78, 5) is 15.1. The SMILES string of the molecule is CCc1cccc(C)c1NC(=O)CN1CCC[C@@H]1c1ccc(OC)cc1OC. The number of anilines is 1. The first-order valence-electron chi connectivity index (χ1n) is 9.91. The molecule has 28 heavy (non-hydrogen) atoms. The molecule has 0 aliphatic carbocycles. The van der Waals surface area contributed by atoms with Gasteiger partial charge in [0.2, 0.25) is 5.91 Å². The van der Waals surface area contributed by atoms with Gasteiger partial charge in [0.15, 0.2) is 0 Å². The van der Waals surface area contributed by atoms with Gasteiger partial charge in [-0.25, -0.2) is 0 Å². The molecule has 1 saturated heterocycles. The molecule has 0 bridgehead atoms. The largest absolute Gasteiger partial charge is 0.497 e.